The third kappa shape index (κ3) is 2.98. The molecule has 1 aromatic rings. The van der Waals surface area contributed by atoms with E-state index < -0.39 is 16.6 Å². The van der Waals surface area contributed by atoms with Gasteiger partial charge >= 0.3 is 11.7 Å². The van der Waals surface area contributed by atoms with Crippen molar-refractivity contribution in [3.8, 4) is 0 Å². The molecule has 102 valence electrons. The number of rotatable bonds is 4. The second-order valence-corrected chi connectivity index (χ2v) is 4.91. The van der Waals surface area contributed by atoms with E-state index in [0.717, 1.165) is 25.5 Å². The molecule has 2 rings (SSSR count). The van der Waals surface area contributed by atoms with Crippen LogP contribution in [0.4, 0.5) is 11.5 Å². The summed E-state index contributed by atoms with van der Waals surface area (Å²) in [5.41, 5.74) is -0.827. The molecular weight excluding hydrogens is 250 g/mol. The summed E-state index contributed by atoms with van der Waals surface area (Å²) in [5, 5.41) is 22.8. The molecule has 0 spiro atoms. The van der Waals surface area contributed by atoms with E-state index in [0.29, 0.717) is 11.7 Å². The molecule has 2 unspecified atom stereocenters. The zero-order valence-electron chi connectivity index (χ0n) is 10.5. The number of carbonyl (C=O) groups is 1. The molecule has 1 fully saturated rings. The first-order chi connectivity index (χ1) is 8.97. The molecule has 0 bridgehead atoms. The van der Waals surface area contributed by atoms with E-state index in [9.17, 15) is 14.9 Å². The highest BCUT2D eigenvalue weighted by Crippen LogP contribution is 2.28. The van der Waals surface area contributed by atoms with Gasteiger partial charge in [0, 0.05) is 12.1 Å². The van der Waals surface area contributed by atoms with Crippen LogP contribution in [0.3, 0.4) is 0 Å². The molecule has 19 heavy (non-hydrogen) atoms. The van der Waals surface area contributed by atoms with Crippen LogP contribution in [0.1, 0.15) is 36.5 Å². The van der Waals surface area contributed by atoms with Crippen LogP contribution in [-0.2, 0) is 0 Å². The number of aromatic nitrogens is 1. The summed E-state index contributed by atoms with van der Waals surface area (Å²) in [4.78, 5) is 24.9. The average molecular weight is 265 g/mol. The quantitative estimate of drug-likeness (QED) is 0.639. The van der Waals surface area contributed by atoms with Gasteiger partial charge in [0.2, 0.25) is 0 Å². The predicted octanol–water partition coefficient (Wildman–Crippen LogP) is 2.29. The minimum absolute atomic E-state index is 0.255. The fourth-order valence-corrected chi connectivity index (χ4v) is 2.39. The number of anilines is 1. The molecule has 2 atom stereocenters. The highest BCUT2D eigenvalue weighted by Gasteiger charge is 2.24. The van der Waals surface area contributed by atoms with Gasteiger partial charge < -0.3 is 10.4 Å². The summed E-state index contributed by atoms with van der Waals surface area (Å²) in [6, 6.07) is 1.48. The van der Waals surface area contributed by atoms with Gasteiger partial charge in [-0.15, -0.1) is 0 Å². The third-order valence-corrected chi connectivity index (χ3v) is 3.36. The third-order valence-electron chi connectivity index (χ3n) is 3.36. The summed E-state index contributed by atoms with van der Waals surface area (Å²) in [5.74, 6) is -0.312. The lowest BCUT2D eigenvalue weighted by molar-refractivity contribution is -0.385. The molecule has 7 heteroatoms. The average Bonchev–Trinajstić information content (AvgIpc) is 2.74. The van der Waals surface area contributed by atoms with Gasteiger partial charge in [-0.05, 0) is 25.2 Å². The standard InChI is InChI=1S/C12H15N3O4/c1-7-2-3-8(4-7)14-11-5-9(12(16)17)10(6-13-11)15(18)19/h5-8H,2-4H2,1H3,(H,13,14)(H,16,17). The number of nitrogens with one attached hydrogen (secondary N) is 1. The van der Waals surface area contributed by atoms with Crippen molar-refractivity contribution >= 4 is 17.5 Å². The molecule has 0 amide bonds. The number of hydrogen-bond acceptors (Lipinski definition) is 5. The van der Waals surface area contributed by atoms with E-state index in [-0.39, 0.29) is 11.6 Å². The molecule has 0 saturated heterocycles. The fraction of sp³-hybridized carbons (Fsp3) is 0.500. The summed E-state index contributed by atoms with van der Waals surface area (Å²) in [7, 11) is 0. The lowest BCUT2D eigenvalue weighted by atomic mass is 10.1. The Morgan fingerprint density at radius 2 is 2.32 bits per heavy atom. The predicted molar refractivity (Wildman–Crippen MR) is 68.3 cm³/mol. The molecule has 0 aromatic carbocycles. The van der Waals surface area contributed by atoms with Crippen molar-refractivity contribution in [2.24, 2.45) is 5.92 Å². The Balaban J connectivity index is 2.21. The van der Waals surface area contributed by atoms with Gasteiger partial charge in [0.25, 0.3) is 0 Å². The normalized spacial score (nSPS) is 22.2. The van der Waals surface area contributed by atoms with Crippen molar-refractivity contribution in [3.05, 3.63) is 27.9 Å². The second-order valence-electron chi connectivity index (χ2n) is 4.91. The monoisotopic (exact) mass is 265 g/mol. The van der Waals surface area contributed by atoms with Crippen molar-refractivity contribution in [2.75, 3.05) is 5.32 Å². The van der Waals surface area contributed by atoms with Gasteiger partial charge in [-0.3, -0.25) is 10.1 Å². The first-order valence-corrected chi connectivity index (χ1v) is 6.11. The minimum atomic E-state index is -1.32. The van der Waals surface area contributed by atoms with E-state index in [1.807, 2.05) is 0 Å². The first kappa shape index (κ1) is 13.3. The number of aromatic carboxylic acids is 1. The van der Waals surface area contributed by atoms with Gasteiger partial charge in [0.05, 0.1) is 4.92 Å². The van der Waals surface area contributed by atoms with Crippen LogP contribution < -0.4 is 5.32 Å². The number of hydrogen-bond donors (Lipinski definition) is 2. The topological polar surface area (TPSA) is 105 Å². The van der Waals surface area contributed by atoms with Crippen LogP contribution in [0.5, 0.6) is 0 Å². The number of nitro groups is 1. The second kappa shape index (κ2) is 5.21. The van der Waals surface area contributed by atoms with Gasteiger partial charge in [-0.25, -0.2) is 9.78 Å². The zero-order chi connectivity index (χ0) is 14.0. The summed E-state index contributed by atoms with van der Waals surface area (Å²) >= 11 is 0. The lowest BCUT2D eigenvalue weighted by Gasteiger charge is -2.13. The largest absolute Gasteiger partial charge is 0.477 e. The van der Waals surface area contributed by atoms with E-state index in [1.54, 1.807) is 0 Å². The van der Waals surface area contributed by atoms with E-state index in [2.05, 4.69) is 17.2 Å². The number of carboxylic acids is 1. The van der Waals surface area contributed by atoms with Gasteiger partial charge in [-0.2, -0.15) is 0 Å². The molecule has 1 aliphatic carbocycles. The van der Waals surface area contributed by atoms with Crippen molar-refractivity contribution < 1.29 is 14.8 Å². The van der Waals surface area contributed by atoms with Crippen molar-refractivity contribution in [3.63, 3.8) is 0 Å². The molecule has 1 saturated carbocycles. The van der Waals surface area contributed by atoms with Crippen molar-refractivity contribution in [1.82, 2.24) is 4.98 Å². The molecular formula is C12H15N3O4. The molecule has 1 aromatic heterocycles. The SMILES string of the molecule is CC1CCC(Nc2cc(C(=O)O)c([N+](=O)[O-])cn2)C1. The summed E-state index contributed by atoms with van der Waals surface area (Å²) < 4.78 is 0. The Morgan fingerprint density at radius 3 is 2.84 bits per heavy atom. The van der Waals surface area contributed by atoms with Crippen LogP contribution in [0.25, 0.3) is 0 Å². The molecule has 2 N–H and O–H groups in total. The Labute approximate surface area is 109 Å². The minimum Gasteiger partial charge on any atom is -0.477 e. The van der Waals surface area contributed by atoms with Crippen LogP contribution in [0, 0.1) is 16.0 Å². The number of pyridine rings is 1. The molecule has 7 nitrogen and oxygen atoms in total. The Bertz CT molecular complexity index is 518. The zero-order valence-corrected chi connectivity index (χ0v) is 10.5. The first-order valence-electron chi connectivity index (χ1n) is 6.11. The van der Waals surface area contributed by atoms with Crippen LogP contribution in [0.15, 0.2) is 12.3 Å². The fourth-order valence-electron chi connectivity index (χ4n) is 2.39. The van der Waals surface area contributed by atoms with Crippen LogP contribution in [-0.4, -0.2) is 27.0 Å². The smallest absolute Gasteiger partial charge is 0.342 e. The summed E-state index contributed by atoms with van der Waals surface area (Å²) in [6.07, 6.45) is 4.11. The van der Waals surface area contributed by atoms with Crippen molar-refractivity contribution in [1.29, 1.82) is 0 Å². The molecule has 1 heterocycles. The number of nitrogens with zero attached hydrogens (tertiary/aromatic N) is 2. The Kier molecular flexibility index (Phi) is 3.64. The maximum atomic E-state index is 11.0. The van der Waals surface area contributed by atoms with Crippen molar-refractivity contribution in [2.45, 2.75) is 32.2 Å². The molecule has 1 aliphatic rings. The highest BCUT2D eigenvalue weighted by atomic mass is 16.6. The van der Waals surface area contributed by atoms with E-state index >= 15 is 0 Å². The molecule has 0 radical (unpaired) electrons. The van der Waals surface area contributed by atoms with Gasteiger partial charge in [0.15, 0.2) is 0 Å². The van der Waals surface area contributed by atoms with E-state index in [4.69, 9.17) is 5.11 Å². The maximum Gasteiger partial charge on any atom is 0.342 e. The van der Waals surface area contributed by atoms with Crippen LogP contribution >= 0.6 is 0 Å². The highest BCUT2D eigenvalue weighted by molar-refractivity contribution is 5.93. The lowest BCUT2D eigenvalue weighted by Crippen LogP contribution is -2.17. The van der Waals surface area contributed by atoms with Gasteiger partial charge in [0.1, 0.15) is 17.6 Å². The Morgan fingerprint density at radius 1 is 1.58 bits per heavy atom. The maximum absolute atomic E-state index is 11.0. The Hall–Kier alpha value is -2.18. The van der Waals surface area contributed by atoms with E-state index in [1.165, 1.54) is 6.07 Å². The van der Waals surface area contributed by atoms with Gasteiger partial charge in [-0.1, -0.05) is 6.92 Å². The summed E-state index contributed by atoms with van der Waals surface area (Å²) in [6.45, 7) is 2.16. The molecule has 0 aliphatic heterocycles. The number of carboxylic acid groups (broad SMARTS) is 1. The van der Waals surface area contributed by atoms with Crippen LogP contribution in [0.2, 0.25) is 0 Å².